The van der Waals surface area contributed by atoms with Gasteiger partial charge in [0, 0.05) is 0 Å². The van der Waals surface area contributed by atoms with Gasteiger partial charge < -0.3 is 9.94 Å². The molecule has 18 heavy (non-hydrogen) atoms. The first-order valence-electron chi connectivity index (χ1n) is 6.05. The van der Waals surface area contributed by atoms with E-state index in [0.29, 0.717) is 0 Å². The van der Waals surface area contributed by atoms with Crippen LogP contribution in [0, 0.1) is 0 Å². The van der Waals surface area contributed by atoms with Crippen LogP contribution in [0.15, 0.2) is 46.6 Å². The third-order valence-corrected chi connectivity index (χ3v) is 3.11. The molecule has 0 bridgehead atoms. The predicted molar refractivity (Wildman–Crippen MR) is 73.2 cm³/mol. The Morgan fingerprint density at radius 1 is 1.11 bits per heavy atom. The maximum Gasteiger partial charge on any atom is 0.118 e. The molecule has 0 heterocycles. The largest absolute Gasteiger partial charge is 0.497 e. The molecule has 1 N–H and O–H groups in total. The highest BCUT2D eigenvalue weighted by Gasteiger charge is 2.10. The molecule has 1 aromatic rings. The van der Waals surface area contributed by atoms with Crippen molar-refractivity contribution in [2.24, 2.45) is 5.16 Å². The van der Waals surface area contributed by atoms with E-state index in [-0.39, 0.29) is 0 Å². The number of oxime groups is 1. The van der Waals surface area contributed by atoms with E-state index >= 15 is 0 Å². The summed E-state index contributed by atoms with van der Waals surface area (Å²) in [5, 5.41) is 11.7. The number of methoxy groups -OCH3 is 1. The van der Waals surface area contributed by atoms with Crippen molar-refractivity contribution in [1.29, 1.82) is 0 Å². The average molecular weight is 243 g/mol. The second-order valence-corrected chi connectivity index (χ2v) is 4.26. The SMILES string of the molecule is COc1ccc(/C=C/C2=C(/C=N/O)CCC2)cc1. The molecule has 1 aliphatic rings. The normalized spacial score (nSPS) is 16.1. The van der Waals surface area contributed by atoms with Crippen LogP contribution >= 0.6 is 0 Å². The molecule has 3 nitrogen and oxygen atoms in total. The summed E-state index contributed by atoms with van der Waals surface area (Å²) in [6.07, 6.45) is 8.89. The average Bonchev–Trinajstić information content (AvgIpc) is 2.85. The van der Waals surface area contributed by atoms with Gasteiger partial charge in [-0.1, -0.05) is 29.4 Å². The Kier molecular flexibility index (Phi) is 4.18. The molecule has 0 spiro atoms. The zero-order chi connectivity index (χ0) is 12.8. The van der Waals surface area contributed by atoms with Gasteiger partial charge in [-0.3, -0.25) is 0 Å². The first-order chi connectivity index (χ1) is 8.83. The number of benzene rings is 1. The third-order valence-electron chi connectivity index (χ3n) is 3.11. The molecular weight excluding hydrogens is 226 g/mol. The molecule has 0 atom stereocenters. The fourth-order valence-corrected chi connectivity index (χ4v) is 2.11. The van der Waals surface area contributed by atoms with Crippen LogP contribution in [-0.4, -0.2) is 18.5 Å². The standard InChI is InChI=1S/C15H17NO2/c1-18-15-9-6-12(7-10-15)5-8-13-3-2-4-14(13)11-16-17/h5-11,17H,2-4H2,1H3/b8-5+,16-11+. The van der Waals surface area contributed by atoms with Crippen molar-refractivity contribution in [3.8, 4) is 5.75 Å². The Labute approximate surface area is 107 Å². The summed E-state index contributed by atoms with van der Waals surface area (Å²) in [7, 11) is 1.66. The molecule has 0 saturated carbocycles. The van der Waals surface area contributed by atoms with Gasteiger partial charge in [-0.05, 0) is 48.1 Å². The minimum atomic E-state index is 0.861. The van der Waals surface area contributed by atoms with Crippen LogP contribution in [0.4, 0.5) is 0 Å². The fourth-order valence-electron chi connectivity index (χ4n) is 2.11. The molecule has 2 rings (SSSR count). The van der Waals surface area contributed by atoms with E-state index in [2.05, 4.69) is 17.3 Å². The van der Waals surface area contributed by atoms with E-state index in [1.165, 1.54) is 5.57 Å². The smallest absolute Gasteiger partial charge is 0.118 e. The van der Waals surface area contributed by atoms with Crippen molar-refractivity contribution in [1.82, 2.24) is 0 Å². The molecule has 1 aliphatic carbocycles. The number of hydrogen-bond donors (Lipinski definition) is 1. The second kappa shape index (κ2) is 6.05. The number of allylic oxidation sites excluding steroid dienone is 3. The fraction of sp³-hybridized carbons (Fsp3) is 0.267. The molecule has 0 aliphatic heterocycles. The van der Waals surface area contributed by atoms with Crippen molar-refractivity contribution in [2.45, 2.75) is 19.3 Å². The van der Waals surface area contributed by atoms with Gasteiger partial charge in [-0.15, -0.1) is 0 Å². The van der Waals surface area contributed by atoms with E-state index in [4.69, 9.17) is 9.94 Å². The van der Waals surface area contributed by atoms with Crippen molar-refractivity contribution in [2.75, 3.05) is 7.11 Å². The summed E-state index contributed by atoms with van der Waals surface area (Å²) in [5.41, 5.74) is 3.52. The third kappa shape index (κ3) is 3.00. The van der Waals surface area contributed by atoms with Crippen LogP contribution in [0.1, 0.15) is 24.8 Å². The first-order valence-corrected chi connectivity index (χ1v) is 6.05. The van der Waals surface area contributed by atoms with Crippen molar-refractivity contribution in [3.63, 3.8) is 0 Å². The maximum absolute atomic E-state index is 8.58. The second-order valence-electron chi connectivity index (χ2n) is 4.26. The minimum absolute atomic E-state index is 0.861. The monoisotopic (exact) mass is 243 g/mol. The first kappa shape index (κ1) is 12.4. The van der Waals surface area contributed by atoms with Crippen molar-refractivity contribution in [3.05, 3.63) is 47.1 Å². The van der Waals surface area contributed by atoms with E-state index in [9.17, 15) is 0 Å². The maximum atomic E-state index is 8.58. The topological polar surface area (TPSA) is 41.8 Å². The number of ether oxygens (including phenoxy) is 1. The Morgan fingerprint density at radius 3 is 2.50 bits per heavy atom. The Bertz CT molecular complexity index is 484. The van der Waals surface area contributed by atoms with Gasteiger partial charge in [0.25, 0.3) is 0 Å². The van der Waals surface area contributed by atoms with Gasteiger partial charge >= 0.3 is 0 Å². The van der Waals surface area contributed by atoms with Crippen LogP contribution in [0.2, 0.25) is 0 Å². The molecule has 0 fully saturated rings. The molecule has 1 aromatic carbocycles. The summed E-state index contributed by atoms with van der Waals surface area (Å²) in [5.74, 6) is 0.861. The molecular formula is C15H17NO2. The highest BCUT2D eigenvalue weighted by molar-refractivity contribution is 5.81. The molecule has 94 valence electrons. The molecule has 0 saturated heterocycles. The zero-order valence-electron chi connectivity index (χ0n) is 10.5. The van der Waals surface area contributed by atoms with Crippen molar-refractivity contribution < 1.29 is 9.94 Å². The van der Waals surface area contributed by atoms with Gasteiger partial charge in [0.2, 0.25) is 0 Å². The van der Waals surface area contributed by atoms with E-state index in [1.807, 2.05) is 24.3 Å². The highest BCUT2D eigenvalue weighted by Crippen LogP contribution is 2.26. The van der Waals surface area contributed by atoms with Gasteiger partial charge in [-0.2, -0.15) is 0 Å². The summed E-state index contributed by atoms with van der Waals surface area (Å²) < 4.78 is 5.12. The van der Waals surface area contributed by atoms with Gasteiger partial charge in [0.05, 0.1) is 13.3 Å². The summed E-state index contributed by atoms with van der Waals surface area (Å²) in [6.45, 7) is 0. The van der Waals surface area contributed by atoms with Crippen LogP contribution in [0.3, 0.4) is 0 Å². The molecule has 0 radical (unpaired) electrons. The molecule has 0 unspecified atom stereocenters. The van der Waals surface area contributed by atoms with Crippen LogP contribution in [-0.2, 0) is 0 Å². The van der Waals surface area contributed by atoms with Gasteiger partial charge in [-0.25, -0.2) is 0 Å². The molecule has 0 aromatic heterocycles. The van der Waals surface area contributed by atoms with E-state index in [0.717, 1.165) is 36.1 Å². The lowest BCUT2D eigenvalue weighted by Crippen LogP contribution is -1.83. The van der Waals surface area contributed by atoms with Crippen LogP contribution in [0.5, 0.6) is 5.75 Å². The van der Waals surface area contributed by atoms with Gasteiger partial charge in [0.1, 0.15) is 5.75 Å². The Morgan fingerprint density at radius 2 is 1.83 bits per heavy atom. The van der Waals surface area contributed by atoms with Gasteiger partial charge in [0.15, 0.2) is 0 Å². The number of nitrogens with zero attached hydrogens (tertiary/aromatic N) is 1. The lowest BCUT2D eigenvalue weighted by atomic mass is 10.1. The molecule has 3 heteroatoms. The molecule has 0 amide bonds. The lowest BCUT2D eigenvalue weighted by Gasteiger charge is -2.00. The number of rotatable bonds is 4. The number of hydrogen-bond acceptors (Lipinski definition) is 3. The van der Waals surface area contributed by atoms with Crippen LogP contribution < -0.4 is 4.74 Å². The summed E-state index contributed by atoms with van der Waals surface area (Å²) in [6, 6.07) is 7.92. The Balaban J connectivity index is 2.12. The van der Waals surface area contributed by atoms with E-state index in [1.54, 1.807) is 13.3 Å². The van der Waals surface area contributed by atoms with Crippen molar-refractivity contribution >= 4 is 12.3 Å². The highest BCUT2D eigenvalue weighted by atomic mass is 16.5. The van der Waals surface area contributed by atoms with E-state index < -0.39 is 0 Å². The zero-order valence-corrected chi connectivity index (χ0v) is 10.5. The predicted octanol–water partition coefficient (Wildman–Crippen LogP) is 3.65. The lowest BCUT2D eigenvalue weighted by molar-refractivity contribution is 0.321. The summed E-state index contributed by atoms with van der Waals surface area (Å²) in [4.78, 5) is 0. The summed E-state index contributed by atoms with van der Waals surface area (Å²) >= 11 is 0. The van der Waals surface area contributed by atoms with Crippen LogP contribution in [0.25, 0.3) is 6.08 Å². The minimum Gasteiger partial charge on any atom is -0.497 e. The quantitative estimate of drug-likeness (QED) is 0.498. The Hall–Kier alpha value is -2.03.